The molecule has 0 aliphatic heterocycles. The van der Waals surface area contributed by atoms with Crippen molar-refractivity contribution < 1.29 is 4.79 Å². The molecule has 0 bridgehead atoms. The Morgan fingerprint density at radius 2 is 2.09 bits per heavy atom. The van der Waals surface area contributed by atoms with Crippen molar-refractivity contribution in [2.45, 2.75) is 51.6 Å². The number of aryl methyl sites for hydroxylation is 1. The summed E-state index contributed by atoms with van der Waals surface area (Å²) in [5, 5.41) is 8.99. The molecule has 5 nitrogen and oxygen atoms in total. The first-order chi connectivity index (χ1) is 11.1. The van der Waals surface area contributed by atoms with Crippen LogP contribution in [0.5, 0.6) is 0 Å². The number of carbonyl (C=O) groups is 1. The SMILES string of the molecule is Cc1ccsc1CNC(=NCC(=O)N(C)C)NC1CCCCC1. The van der Waals surface area contributed by atoms with Crippen LogP contribution >= 0.6 is 11.3 Å². The van der Waals surface area contributed by atoms with E-state index in [1.807, 2.05) is 0 Å². The van der Waals surface area contributed by atoms with E-state index in [0.717, 1.165) is 12.5 Å². The van der Waals surface area contributed by atoms with Gasteiger partial charge in [-0.25, -0.2) is 4.99 Å². The maximum absolute atomic E-state index is 11.8. The summed E-state index contributed by atoms with van der Waals surface area (Å²) in [6.07, 6.45) is 6.23. The molecule has 1 aliphatic carbocycles. The van der Waals surface area contributed by atoms with Crippen molar-refractivity contribution in [1.82, 2.24) is 15.5 Å². The minimum absolute atomic E-state index is 0.0158. The molecule has 0 radical (unpaired) electrons. The molecule has 6 heteroatoms. The second kappa shape index (κ2) is 8.91. The second-order valence-electron chi connectivity index (χ2n) is 6.31. The second-order valence-corrected chi connectivity index (χ2v) is 7.31. The van der Waals surface area contributed by atoms with Crippen LogP contribution in [0.25, 0.3) is 0 Å². The van der Waals surface area contributed by atoms with E-state index in [1.54, 1.807) is 30.3 Å². The van der Waals surface area contributed by atoms with E-state index in [-0.39, 0.29) is 12.5 Å². The Kier molecular flexibility index (Phi) is 6.89. The summed E-state index contributed by atoms with van der Waals surface area (Å²) in [5.74, 6) is 0.766. The molecule has 1 aromatic rings. The lowest BCUT2D eigenvalue weighted by molar-refractivity contribution is -0.127. The first-order valence-corrected chi connectivity index (χ1v) is 9.22. The summed E-state index contributed by atoms with van der Waals surface area (Å²) in [6.45, 7) is 3.05. The number of likely N-dealkylation sites (N-methyl/N-ethyl adjacent to an activating group) is 1. The predicted octanol–water partition coefficient (Wildman–Crippen LogP) is 2.51. The smallest absolute Gasteiger partial charge is 0.243 e. The quantitative estimate of drug-likeness (QED) is 0.642. The van der Waals surface area contributed by atoms with Crippen LogP contribution in [0, 0.1) is 6.92 Å². The molecule has 1 heterocycles. The number of nitrogens with zero attached hydrogens (tertiary/aromatic N) is 2. The Bertz CT molecular complexity index is 532. The Morgan fingerprint density at radius 3 is 2.70 bits per heavy atom. The number of hydrogen-bond donors (Lipinski definition) is 2. The van der Waals surface area contributed by atoms with Gasteiger partial charge in [0.2, 0.25) is 5.91 Å². The summed E-state index contributed by atoms with van der Waals surface area (Å²) in [7, 11) is 3.52. The fraction of sp³-hybridized carbons (Fsp3) is 0.647. The molecule has 0 spiro atoms. The molecule has 128 valence electrons. The molecule has 1 fully saturated rings. The molecule has 0 aromatic carbocycles. The van der Waals surface area contributed by atoms with Crippen molar-refractivity contribution in [2.75, 3.05) is 20.6 Å². The number of aliphatic imine (C=N–C) groups is 1. The molecule has 1 aliphatic rings. The van der Waals surface area contributed by atoms with Gasteiger partial charge in [-0.15, -0.1) is 11.3 Å². The first-order valence-electron chi connectivity index (χ1n) is 8.34. The summed E-state index contributed by atoms with van der Waals surface area (Å²) in [4.78, 5) is 19.1. The largest absolute Gasteiger partial charge is 0.354 e. The highest BCUT2D eigenvalue weighted by atomic mass is 32.1. The number of guanidine groups is 1. The van der Waals surface area contributed by atoms with Crippen molar-refractivity contribution in [3.8, 4) is 0 Å². The maximum Gasteiger partial charge on any atom is 0.243 e. The third-order valence-electron chi connectivity index (χ3n) is 4.20. The molecule has 0 unspecified atom stereocenters. The minimum atomic E-state index is 0.0158. The van der Waals surface area contributed by atoms with E-state index in [0.29, 0.717) is 6.04 Å². The molecule has 1 amide bonds. The van der Waals surface area contributed by atoms with Gasteiger partial charge in [-0.1, -0.05) is 19.3 Å². The highest BCUT2D eigenvalue weighted by molar-refractivity contribution is 7.10. The number of carbonyl (C=O) groups excluding carboxylic acids is 1. The molecule has 2 rings (SSSR count). The van der Waals surface area contributed by atoms with Crippen LogP contribution in [-0.4, -0.2) is 43.4 Å². The van der Waals surface area contributed by atoms with Crippen LogP contribution in [0.3, 0.4) is 0 Å². The Morgan fingerprint density at radius 1 is 1.35 bits per heavy atom. The third kappa shape index (κ3) is 5.86. The average molecular weight is 337 g/mol. The Hall–Kier alpha value is -1.56. The van der Waals surface area contributed by atoms with Crippen LogP contribution in [-0.2, 0) is 11.3 Å². The van der Waals surface area contributed by atoms with E-state index >= 15 is 0 Å². The predicted molar refractivity (Wildman–Crippen MR) is 96.9 cm³/mol. The lowest BCUT2D eigenvalue weighted by Crippen LogP contribution is -2.44. The fourth-order valence-electron chi connectivity index (χ4n) is 2.63. The van der Waals surface area contributed by atoms with Gasteiger partial charge in [-0.2, -0.15) is 0 Å². The van der Waals surface area contributed by atoms with Gasteiger partial charge in [0.1, 0.15) is 6.54 Å². The zero-order valence-corrected chi connectivity index (χ0v) is 15.2. The average Bonchev–Trinajstić information content (AvgIpc) is 2.95. The monoisotopic (exact) mass is 336 g/mol. The molecule has 1 aromatic heterocycles. The molecule has 1 saturated carbocycles. The van der Waals surface area contributed by atoms with Gasteiger partial charge < -0.3 is 15.5 Å². The first kappa shape index (κ1) is 17.8. The van der Waals surface area contributed by atoms with Gasteiger partial charge >= 0.3 is 0 Å². The zero-order valence-electron chi connectivity index (χ0n) is 14.4. The topological polar surface area (TPSA) is 56.7 Å². The summed E-state index contributed by atoms with van der Waals surface area (Å²) in [5.41, 5.74) is 1.30. The van der Waals surface area contributed by atoms with Crippen LogP contribution < -0.4 is 10.6 Å². The van der Waals surface area contributed by atoms with Gasteiger partial charge in [0.05, 0.1) is 6.54 Å². The standard InChI is InChI=1S/C17H28N4OS/c1-13-9-10-23-15(13)11-18-17(19-12-16(22)21(2)3)20-14-7-5-4-6-8-14/h9-10,14H,4-8,11-12H2,1-3H3,(H2,18,19,20). The molecular formula is C17H28N4OS. The van der Waals surface area contributed by atoms with Gasteiger partial charge in [0.15, 0.2) is 5.96 Å². The number of amides is 1. The van der Waals surface area contributed by atoms with Crippen molar-refractivity contribution >= 4 is 23.2 Å². The normalized spacial score (nSPS) is 16.2. The van der Waals surface area contributed by atoms with E-state index in [9.17, 15) is 4.79 Å². The van der Waals surface area contributed by atoms with Crippen molar-refractivity contribution in [2.24, 2.45) is 4.99 Å². The van der Waals surface area contributed by atoms with E-state index in [1.165, 1.54) is 42.5 Å². The lowest BCUT2D eigenvalue weighted by Gasteiger charge is -2.25. The number of thiophene rings is 1. The summed E-state index contributed by atoms with van der Waals surface area (Å²) < 4.78 is 0. The van der Waals surface area contributed by atoms with Crippen LogP contribution in [0.15, 0.2) is 16.4 Å². The molecule has 0 atom stereocenters. The van der Waals surface area contributed by atoms with Gasteiger partial charge in [-0.05, 0) is 36.8 Å². The van der Waals surface area contributed by atoms with Crippen molar-refractivity contribution in [1.29, 1.82) is 0 Å². The van der Waals surface area contributed by atoms with Crippen LogP contribution in [0.1, 0.15) is 42.5 Å². The summed E-state index contributed by atoms with van der Waals surface area (Å²) >= 11 is 1.75. The molecular weight excluding hydrogens is 308 g/mol. The van der Waals surface area contributed by atoms with Gasteiger partial charge in [-0.3, -0.25) is 4.79 Å². The van der Waals surface area contributed by atoms with Gasteiger partial charge in [0, 0.05) is 25.0 Å². The third-order valence-corrected chi connectivity index (χ3v) is 5.22. The molecule has 2 N–H and O–H groups in total. The highest BCUT2D eigenvalue weighted by Crippen LogP contribution is 2.17. The van der Waals surface area contributed by atoms with E-state index in [2.05, 4.69) is 34.0 Å². The fourth-order valence-corrected chi connectivity index (χ4v) is 3.48. The maximum atomic E-state index is 11.8. The van der Waals surface area contributed by atoms with Crippen molar-refractivity contribution in [3.63, 3.8) is 0 Å². The minimum Gasteiger partial charge on any atom is -0.354 e. The molecule has 0 saturated heterocycles. The number of nitrogens with one attached hydrogen (secondary N) is 2. The van der Waals surface area contributed by atoms with Gasteiger partial charge in [0.25, 0.3) is 0 Å². The lowest BCUT2D eigenvalue weighted by atomic mass is 9.96. The van der Waals surface area contributed by atoms with Crippen LogP contribution in [0.4, 0.5) is 0 Å². The van der Waals surface area contributed by atoms with E-state index < -0.39 is 0 Å². The highest BCUT2D eigenvalue weighted by Gasteiger charge is 2.15. The molecule has 23 heavy (non-hydrogen) atoms. The van der Waals surface area contributed by atoms with Crippen molar-refractivity contribution in [3.05, 3.63) is 21.9 Å². The zero-order chi connectivity index (χ0) is 16.7. The van der Waals surface area contributed by atoms with Crippen LogP contribution in [0.2, 0.25) is 0 Å². The number of rotatable bonds is 5. The van der Waals surface area contributed by atoms with E-state index in [4.69, 9.17) is 0 Å². The summed E-state index contributed by atoms with van der Waals surface area (Å²) in [6, 6.07) is 2.59. The number of hydrogen-bond acceptors (Lipinski definition) is 3. The Balaban J connectivity index is 1.96. The Labute approximate surface area is 143 Å².